The molecule has 2 aromatic heterocycles. The summed E-state index contributed by atoms with van der Waals surface area (Å²) in [6.07, 6.45) is 2.67. The van der Waals surface area contributed by atoms with Crippen LogP contribution < -0.4 is 0 Å². The Morgan fingerprint density at radius 2 is 2.14 bits per heavy atom. The molecular weight excluding hydrogens is 382 g/mol. The van der Waals surface area contributed by atoms with Crippen molar-refractivity contribution in [3.63, 3.8) is 0 Å². The molecule has 0 aliphatic carbocycles. The number of sulfone groups is 1. The molecule has 1 amide bonds. The average molecular weight is 407 g/mol. The normalized spacial score (nSPS) is 19.5. The third-order valence-corrected chi connectivity index (χ3v) is 6.94. The highest BCUT2D eigenvalue weighted by molar-refractivity contribution is 7.91. The molecule has 0 bridgehead atoms. The van der Waals surface area contributed by atoms with Gasteiger partial charge in [0.1, 0.15) is 5.65 Å². The zero-order valence-electron chi connectivity index (χ0n) is 16.3. The highest BCUT2D eigenvalue weighted by Crippen LogP contribution is 2.21. The van der Waals surface area contributed by atoms with Crippen LogP contribution in [0.25, 0.3) is 5.65 Å². The smallest absolute Gasteiger partial charge is 0.359 e. The zero-order valence-corrected chi connectivity index (χ0v) is 17.1. The van der Waals surface area contributed by atoms with E-state index in [2.05, 4.69) is 4.98 Å². The quantitative estimate of drug-likeness (QED) is 0.675. The topological polar surface area (TPSA) is 98.0 Å². The van der Waals surface area contributed by atoms with Gasteiger partial charge < -0.3 is 14.0 Å². The Morgan fingerprint density at radius 3 is 2.75 bits per heavy atom. The predicted octanol–water partition coefficient (Wildman–Crippen LogP) is 1.61. The average Bonchev–Trinajstić information content (AvgIpc) is 3.24. The van der Waals surface area contributed by atoms with E-state index in [1.54, 1.807) is 21.6 Å². The second-order valence-electron chi connectivity index (χ2n) is 7.21. The molecule has 3 rings (SSSR count). The number of ether oxygens (including phenoxy) is 1. The number of hydrogen-bond donors (Lipinski definition) is 0. The van der Waals surface area contributed by atoms with Crippen LogP contribution in [0, 0.1) is 6.92 Å². The number of carbonyl (C=O) groups excluding carboxylic acids is 2. The van der Waals surface area contributed by atoms with Crippen molar-refractivity contribution < 1.29 is 22.7 Å². The summed E-state index contributed by atoms with van der Waals surface area (Å²) < 4.78 is 30.6. The van der Waals surface area contributed by atoms with E-state index in [9.17, 15) is 18.0 Å². The van der Waals surface area contributed by atoms with Gasteiger partial charge in [-0.25, -0.2) is 18.2 Å². The molecule has 1 aliphatic rings. The third kappa shape index (κ3) is 4.19. The predicted molar refractivity (Wildman–Crippen MR) is 104 cm³/mol. The van der Waals surface area contributed by atoms with Crippen LogP contribution in [0.4, 0.5) is 0 Å². The standard InChI is InChI=1S/C19H25N3O5S/c1-4-13(2)22(15-8-9-28(25,26)12-15)18(23)11-27-19(24)16-10-21-14(3)6-5-7-17(21)20-16/h5-7,10,13,15H,4,8-9,11-12H2,1-3H3/t13-,15+/m0/s1. The lowest BCUT2D eigenvalue weighted by Gasteiger charge is -2.33. The molecule has 28 heavy (non-hydrogen) atoms. The van der Waals surface area contributed by atoms with Crippen LogP contribution in [0.5, 0.6) is 0 Å². The number of aromatic nitrogens is 2. The number of pyridine rings is 1. The van der Waals surface area contributed by atoms with Gasteiger partial charge >= 0.3 is 5.97 Å². The summed E-state index contributed by atoms with van der Waals surface area (Å²) in [6, 6.07) is 5.01. The first kappa shape index (κ1) is 20.3. The van der Waals surface area contributed by atoms with Crippen molar-refractivity contribution in [1.82, 2.24) is 14.3 Å². The molecule has 0 aromatic carbocycles. The summed E-state index contributed by atoms with van der Waals surface area (Å²) in [4.78, 5) is 30.9. The van der Waals surface area contributed by atoms with Gasteiger partial charge in [-0.15, -0.1) is 0 Å². The Labute approximate surface area is 164 Å². The largest absolute Gasteiger partial charge is 0.451 e. The Balaban J connectivity index is 1.69. The van der Waals surface area contributed by atoms with Crippen molar-refractivity contribution in [3.8, 4) is 0 Å². The molecule has 152 valence electrons. The van der Waals surface area contributed by atoms with E-state index >= 15 is 0 Å². The molecule has 2 aromatic rings. The van der Waals surface area contributed by atoms with Gasteiger partial charge in [-0.1, -0.05) is 13.0 Å². The highest BCUT2D eigenvalue weighted by atomic mass is 32.2. The summed E-state index contributed by atoms with van der Waals surface area (Å²) in [6.45, 7) is 5.26. The van der Waals surface area contributed by atoms with Gasteiger partial charge in [-0.3, -0.25) is 4.79 Å². The lowest BCUT2D eigenvalue weighted by molar-refractivity contribution is -0.138. The molecule has 0 N–H and O–H groups in total. The van der Waals surface area contributed by atoms with E-state index in [-0.39, 0.29) is 35.2 Å². The molecule has 1 aliphatic heterocycles. The van der Waals surface area contributed by atoms with Gasteiger partial charge in [0, 0.05) is 24.0 Å². The molecule has 0 radical (unpaired) electrons. The van der Waals surface area contributed by atoms with Crippen LogP contribution >= 0.6 is 0 Å². The lowest BCUT2D eigenvalue weighted by atomic mass is 10.1. The lowest BCUT2D eigenvalue weighted by Crippen LogP contribution is -2.48. The number of fused-ring (bicyclic) bond motifs is 1. The van der Waals surface area contributed by atoms with Gasteiger partial charge in [0.2, 0.25) is 0 Å². The van der Waals surface area contributed by atoms with Gasteiger partial charge in [-0.2, -0.15) is 0 Å². The maximum atomic E-state index is 12.7. The number of rotatable bonds is 6. The number of imidazole rings is 1. The third-order valence-electron chi connectivity index (χ3n) is 5.19. The first-order valence-electron chi connectivity index (χ1n) is 9.35. The molecular formula is C19H25N3O5S. The van der Waals surface area contributed by atoms with Gasteiger partial charge in [0.25, 0.3) is 5.91 Å². The monoisotopic (exact) mass is 407 g/mol. The summed E-state index contributed by atoms with van der Waals surface area (Å²) in [7, 11) is -3.12. The molecule has 0 saturated carbocycles. The van der Waals surface area contributed by atoms with Gasteiger partial charge in [-0.05, 0) is 38.8 Å². The summed E-state index contributed by atoms with van der Waals surface area (Å²) >= 11 is 0. The molecule has 3 heterocycles. The van der Waals surface area contributed by atoms with Gasteiger partial charge in [0.15, 0.2) is 22.1 Å². The van der Waals surface area contributed by atoms with Crippen molar-refractivity contribution in [1.29, 1.82) is 0 Å². The Bertz CT molecular complexity index is 998. The first-order chi connectivity index (χ1) is 13.2. The molecule has 9 heteroatoms. The number of hydrogen-bond acceptors (Lipinski definition) is 6. The van der Waals surface area contributed by atoms with Crippen molar-refractivity contribution in [2.75, 3.05) is 18.1 Å². The molecule has 0 spiro atoms. The number of esters is 1. The van der Waals surface area contributed by atoms with Crippen LogP contribution in [0.2, 0.25) is 0 Å². The van der Waals surface area contributed by atoms with Crippen molar-refractivity contribution in [2.45, 2.75) is 45.7 Å². The minimum Gasteiger partial charge on any atom is -0.451 e. The fourth-order valence-corrected chi connectivity index (χ4v) is 5.23. The van der Waals surface area contributed by atoms with Crippen LogP contribution in [-0.4, -0.2) is 64.8 Å². The molecule has 0 unspecified atom stereocenters. The van der Waals surface area contributed by atoms with Gasteiger partial charge in [0.05, 0.1) is 11.5 Å². The number of aryl methyl sites for hydroxylation is 1. The number of nitrogens with zero attached hydrogens (tertiary/aromatic N) is 3. The Hall–Kier alpha value is -2.42. The van der Waals surface area contributed by atoms with E-state index in [4.69, 9.17) is 4.74 Å². The van der Waals surface area contributed by atoms with Crippen molar-refractivity contribution in [3.05, 3.63) is 35.8 Å². The fourth-order valence-electron chi connectivity index (χ4n) is 3.52. The fraction of sp³-hybridized carbons (Fsp3) is 0.526. The number of carbonyl (C=O) groups is 2. The second-order valence-corrected chi connectivity index (χ2v) is 9.44. The zero-order chi connectivity index (χ0) is 20.5. The number of amides is 1. The first-order valence-corrected chi connectivity index (χ1v) is 11.2. The second kappa shape index (κ2) is 7.90. The van der Waals surface area contributed by atoms with Crippen LogP contribution in [0.3, 0.4) is 0 Å². The van der Waals surface area contributed by atoms with E-state index in [0.717, 1.165) is 5.69 Å². The van der Waals surface area contributed by atoms with Crippen molar-refractivity contribution >= 4 is 27.4 Å². The van der Waals surface area contributed by atoms with E-state index in [1.807, 2.05) is 32.9 Å². The molecule has 2 atom stereocenters. The Morgan fingerprint density at radius 1 is 1.39 bits per heavy atom. The van der Waals surface area contributed by atoms with E-state index in [0.29, 0.717) is 18.5 Å². The summed E-state index contributed by atoms with van der Waals surface area (Å²) in [5.74, 6) is -1.02. The van der Waals surface area contributed by atoms with Crippen LogP contribution in [0.1, 0.15) is 42.9 Å². The van der Waals surface area contributed by atoms with Crippen LogP contribution in [-0.2, 0) is 19.4 Å². The summed E-state index contributed by atoms with van der Waals surface area (Å²) in [5, 5.41) is 0. The van der Waals surface area contributed by atoms with E-state index < -0.39 is 22.4 Å². The SMILES string of the molecule is CC[C@H](C)N(C(=O)COC(=O)c1cn2c(C)cccc2n1)[C@@H]1CCS(=O)(=O)C1. The van der Waals surface area contributed by atoms with E-state index in [1.165, 1.54) is 0 Å². The Kier molecular flexibility index (Phi) is 5.74. The van der Waals surface area contributed by atoms with Crippen LogP contribution in [0.15, 0.2) is 24.4 Å². The minimum atomic E-state index is -3.12. The summed E-state index contributed by atoms with van der Waals surface area (Å²) in [5.41, 5.74) is 1.67. The molecule has 1 saturated heterocycles. The van der Waals surface area contributed by atoms with Crippen molar-refractivity contribution in [2.24, 2.45) is 0 Å². The maximum absolute atomic E-state index is 12.7. The molecule has 1 fully saturated rings. The minimum absolute atomic E-state index is 0.0389. The molecule has 8 nitrogen and oxygen atoms in total. The highest BCUT2D eigenvalue weighted by Gasteiger charge is 2.36. The maximum Gasteiger partial charge on any atom is 0.359 e.